The summed E-state index contributed by atoms with van der Waals surface area (Å²) in [6.45, 7) is 12.1. The molecule has 4 heterocycles. The Balaban J connectivity index is 0.000000686. The molecule has 3 aromatic heterocycles. The maximum atomic E-state index is 4.84. The topological polar surface area (TPSA) is 70.6 Å². The molecule has 0 bridgehead atoms. The van der Waals surface area contributed by atoms with Gasteiger partial charge in [-0.15, -0.1) is 11.3 Å². The number of rotatable bonds is 3. The van der Waals surface area contributed by atoms with Gasteiger partial charge in [0.1, 0.15) is 16.6 Å². The van der Waals surface area contributed by atoms with E-state index in [9.17, 15) is 0 Å². The van der Waals surface area contributed by atoms with Gasteiger partial charge in [-0.25, -0.2) is 15.0 Å². The molecule has 148 valence electrons. The highest BCUT2D eigenvalue weighted by atomic mass is 32.1. The minimum absolute atomic E-state index is 0. The Morgan fingerprint density at radius 1 is 1.15 bits per heavy atom. The zero-order valence-corrected chi connectivity index (χ0v) is 17.1. The van der Waals surface area contributed by atoms with Crippen LogP contribution in [0.5, 0.6) is 0 Å². The highest BCUT2D eigenvalue weighted by Crippen LogP contribution is 2.37. The number of likely N-dealkylation sites (N-methyl/N-ethyl adjacent to an activating group) is 1. The Morgan fingerprint density at radius 2 is 1.85 bits per heavy atom. The van der Waals surface area contributed by atoms with Gasteiger partial charge in [0, 0.05) is 36.8 Å². The van der Waals surface area contributed by atoms with E-state index in [0.717, 1.165) is 47.4 Å². The molecule has 0 fully saturated rings. The summed E-state index contributed by atoms with van der Waals surface area (Å²) < 4.78 is 0. The van der Waals surface area contributed by atoms with Crippen LogP contribution >= 0.6 is 11.3 Å². The molecule has 0 saturated carbocycles. The van der Waals surface area contributed by atoms with Crippen LogP contribution in [-0.2, 0) is 12.8 Å². The number of aromatic nitrogens is 5. The average molecular weight is 389 g/mol. The fraction of sp³-hybridized carbons (Fsp3) is 0.500. The van der Waals surface area contributed by atoms with Crippen molar-refractivity contribution in [2.24, 2.45) is 0 Å². The monoisotopic (exact) mass is 388 g/mol. The lowest BCUT2D eigenvalue weighted by atomic mass is 10.2. The van der Waals surface area contributed by atoms with E-state index in [1.807, 2.05) is 40.0 Å². The molecule has 0 aliphatic carbocycles. The lowest BCUT2D eigenvalue weighted by Crippen LogP contribution is -2.24. The number of fused-ring (bicyclic) bond motifs is 3. The van der Waals surface area contributed by atoms with Crippen molar-refractivity contribution in [3.63, 3.8) is 0 Å². The molecule has 3 aromatic rings. The smallest absolute Gasteiger partial charge is 0.134 e. The molecule has 0 aromatic carbocycles. The van der Waals surface area contributed by atoms with Gasteiger partial charge in [-0.2, -0.15) is 5.10 Å². The van der Waals surface area contributed by atoms with Gasteiger partial charge in [0.2, 0.25) is 0 Å². The second kappa shape index (κ2) is 11.4. The van der Waals surface area contributed by atoms with E-state index in [2.05, 4.69) is 32.0 Å². The molecule has 1 aliphatic heterocycles. The van der Waals surface area contributed by atoms with Crippen LogP contribution in [0.3, 0.4) is 0 Å². The summed E-state index contributed by atoms with van der Waals surface area (Å²) in [6.07, 6.45) is 7.12. The molecule has 6 nitrogen and oxygen atoms in total. The van der Waals surface area contributed by atoms with Crippen molar-refractivity contribution < 1.29 is 0 Å². The van der Waals surface area contributed by atoms with E-state index in [1.165, 1.54) is 4.88 Å². The number of hydrogen-bond donors (Lipinski definition) is 1. The Labute approximate surface area is 167 Å². The van der Waals surface area contributed by atoms with E-state index in [-0.39, 0.29) is 7.43 Å². The number of hydrogen-bond acceptors (Lipinski definition) is 6. The van der Waals surface area contributed by atoms with Gasteiger partial charge >= 0.3 is 0 Å². The zero-order valence-electron chi connectivity index (χ0n) is 16.3. The first-order chi connectivity index (χ1) is 12.8. The van der Waals surface area contributed by atoms with Crippen LogP contribution in [0.4, 0.5) is 5.82 Å². The highest BCUT2D eigenvalue weighted by molar-refractivity contribution is 7.12. The maximum absolute atomic E-state index is 4.84. The minimum Gasteiger partial charge on any atom is -0.356 e. The van der Waals surface area contributed by atoms with Gasteiger partial charge in [-0.3, -0.25) is 5.10 Å². The quantitative estimate of drug-likeness (QED) is 0.685. The second-order valence-corrected chi connectivity index (χ2v) is 6.35. The number of anilines is 1. The molecule has 0 amide bonds. The number of nitrogens with zero attached hydrogens (tertiary/aromatic N) is 5. The summed E-state index contributed by atoms with van der Waals surface area (Å²) >= 11 is 1.76. The lowest BCUT2D eigenvalue weighted by Gasteiger charge is -2.19. The van der Waals surface area contributed by atoms with Gasteiger partial charge in [-0.05, 0) is 13.0 Å². The third kappa shape index (κ3) is 5.13. The van der Waals surface area contributed by atoms with Gasteiger partial charge in [-0.1, -0.05) is 35.1 Å². The van der Waals surface area contributed by atoms with Gasteiger partial charge in [0.15, 0.2) is 0 Å². The van der Waals surface area contributed by atoms with Crippen LogP contribution in [0.1, 0.15) is 57.8 Å². The normalized spacial score (nSPS) is 11.5. The first-order valence-corrected chi connectivity index (χ1v) is 10.2. The molecule has 1 N–H and O–H groups in total. The Bertz CT molecular complexity index is 781. The predicted molar refractivity (Wildman–Crippen MR) is 116 cm³/mol. The molecule has 1 aliphatic rings. The van der Waals surface area contributed by atoms with E-state index in [0.29, 0.717) is 6.42 Å². The molecule has 27 heavy (non-hydrogen) atoms. The molecule has 4 rings (SSSR count). The van der Waals surface area contributed by atoms with Crippen LogP contribution in [0, 0.1) is 0 Å². The SMILES string of the molecule is C.CC.CC.CCN1CCc2sc(Cc3ncccn3)nc2-c2cn[nH]c21. The number of aromatic amines is 1. The van der Waals surface area contributed by atoms with Crippen LogP contribution < -0.4 is 4.90 Å². The number of H-pyrrole nitrogens is 1. The third-order valence-electron chi connectivity index (χ3n) is 3.85. The summed E-state index contributed by atoms with van der Waals surface area (Å²) in [7, 11) is 0. The van der Waals surface area contributed by atoms with E-state index < -0.39 is 0 Å². The summed E-state index contributed by atoms with van der Waals surface area (Å²) in [5, 5.41) is 8.39. The van der Waals surface area contributed by atoms with Crippen LogP contribution in [0.2, 0.25) is 0 Å². The second-order valence-electron chi connectivity index (χ2n) is 5.18. The fourth-order valence-electron chi connectivity index (χ4n) is 2.77. The largest absolute Gasteiger partial charge is 0.356 e. The van der Waals surface area contributed by atoms with Crippen LogP contribution in [0.25, 0.3) is 11.3 Å². The van der Waals surface area contributed by atoms with Crippen molar-refractivity contribution in [1.29, 1.82) is 0 Å². The van der Waals surface area contributed by atoms with Crippen molar-refractivity contribution in [2.75, 3.05) is 18.0 Å². The first-order valence-electron chi connectivity index (χ1n) is 9.38. The van der Waals surface area contributed by atoms with Crippen molar-refractivity contribution in [3.8, 4) is 11.3 Å². The van der Waals surface area contributed by atoms with Crippen LogP contribution in [-0.4, -0.2) is 38.2 Å². The highest BCUT2D eigenvalue weighted by Gasteiger charge is 2.24. The molecule has 0 radical (unpaired) electrons. The Kier molecular flexibility index (Phi) is 9.64. The van der Waals surface area contributed by atoms with Crippen molar-refractivity contribution in [2.45, 2.75) is 54.9 Å². The van der Waals surface area contributed by atoms with Gasteiger partial charge in [0.25, 0.3) is 0 Å². The molecular weight excluding hydrogens is 356 g/mol. The molecular formula is C20H32N6S. The summed E-state index contributed by atoms with van der Waals surface area (Å²) in [6, 6.07) is 1.83. The maximum Gasteiger partial charge on any atom is 0.134 e. The van der Waals surface area contributed by atoms with Crippen LogP contribution in [0.15, 0.2) is 24.7 Å². The standard InChI is InChI=1S/C15H16N6S.2C2H6.CH4/c1-2-21-7-4-11-14(10-9-18-20-15(10)21)19-13(22-11)8-12-16-5-3-6-17-12;2*1-2;/h3,5-6,9H,2,4,7-8H2,1H3,(H,18,20);2*1-2H3;1H4. The summed E-state index contributed by atoms with van der Waals surface area (Å²) in [5.41, 5.74) is 2.17. The lowest BCUT2D eigenvalue weighted by molar-refractivity contribution is 0.802. The fourth-order valence-corrected chi connectivity index (χ4v) is 3.84. The van der Waals surface area contributed by atoms with Crippen molar-refractivity contribution in [1.82, 2.24) is 25.1 Å². The summed E-state index contributed by atoms with van der Waals surface area (Å²) in [5.74, 6) is 1.89. The number of nitrogens with one attached hydrogen (secondary N) is 1. The molecule has 0 saturated heterocycles. The van der Waals surface area contributed by atoms with Gasteiger partial charge < -0.3 is 4.90 Å². The minimum atomic E-state index is 0. The van der Waals surface area contributed by atoms with E-state index in [4.69, 9.17) is 4.98 Å². The summed E-state index contributed by atoms with van der Waals surface area (Å²) in [4.78, 5) is 17.1. The van der Waals surface area contributed by atoms with E-state index >= 15 is 0 Å². The van der Waals surface area contributed by atoms with Crippen molar-refractivity contribution >= 4 is 17.2 Å². The predicted octanol–water partition coefficient (Wildman–Crippen LogP) is 4.98. The molecule has 7 heteroatoms. The Morgan fingerprint density at radius 3 is 2.52 bits per heavy atom. The molecule has 0 atom stereocenters. The first kappa shape index (κ1) is 22.8. The van der Waals surface area contributed by atoms with Crippen molar-refractivity contribution in [3.05, 3.63) is 40.4 Å². The molecule has 0 unspecified atom stereocenters. The Hall–Kier alpha value is -2.28. The molecule has 0 spiro atoms. The third-order valence-corrected chi connectivity index (χ3v) is 4.97. The van der Waals surface area contributed by atoms with Gasteiger partial charge in [0.05, 0.1) is 23.9 Å². The van der Waals surface area contributed by atoms with E-state index in [1.54, 1.807) is 23.7 Å². The average Bonchev–Trinajstić information content (AvgIpc) is 3.31. The number of thiazole rings is 1. The zero-order chi connectivity index (χ0) is 18.9.